The van der Waals surface area contributed by atoms with Crippen molar-refractivity contribution in [3.63, 3.8) is 0 Å². The van der Waals surface area contributed by atoms with E-state index in [1.807, 2.05) is 53.2 Å². The molecule has 114 valence electrons. The molecule has 2 aromatic rings. The SMILES string of the molecule is O=CN(I)Nc1ccc(NC(=O)NCc2ccccc2)cc1. The largest absolute Gasteiger partial charge is 0.334 e. The van der Waals surface area contributed by atoms with Crippen LogP contribution in [0.3, 0.4) is 0 Å². The minimum absolute atomic E-state index is 0.270. The van der Waals surface area contributed by atoms with Crippen LogP contribution in [0.1, 0.15) is 5.56 Å². The predicted molar refractivity (Wildman–Crippen MR) is 94.3 cm³/mol. The van der Waals surface area contributed by atoms with Gasteiger partial charge in [-0.15, -0.1) is 0 Å². The lowest BCUT2D eigenvalue weighted by Gasteiger charge is -2.12. The second kappa shape index (κ2) is 8.23. The van der Waals surface area contributed by atoms with E-state index in [0.29, 0.717) is 18.6 Å². The first-order valence-electron chi connectivity index (χ1n) is 6.53. The Labute approximate surface area is 142 Å². The quantitative estimate of drug-likeness (QED) is 0.297. The first-order valence-corrected chi connectivity index (χ1v) is 7.49. The average Bonchev–Trinajstić information content (AvgIpc) is 2.55. The van der Waals surface area contributed by atoms with E-state index in [1.54, 1.807) is 24.3 Å². The third kappa shape index (κ3) is 5.24. The molecule has 0 aliphatic heterocycles. The van der Waals surface area contributed by atoms with E-state index < -0.39 is 0 Å². The molecular formula is C15H15IN4O2. The van der Waals surface area contributed by atoms with E-state index >= 15 is 0 Å². The molecule has 6 nitrogen and oxygen atoms in total. The van der Waals surface area contributed by atoms with Gasteiger partial charge in [-0.1, -0.05) is 30.3 Å². The van der Waals surface area contributed by atoms with Gasteiger partial charge in [0, 0.05) is 12.2 Å². The molecular weight excluding hydrogens is 395 g/mol. The summed E-state index contributed by atoms with van der Waals surface area (Å²) in [6.45, 7) is 0.468. The summed E-state index contributed by atoms with van der Waals surface area (Å²) in [6, 6.07) is 16.4. The van der Waals surface area contributed by atoms with E-state index in [4.69, 9.17) is 0 Å². The Hall–Kier alpha value is -2.29. The van der Waals surface area contributed by atoms with Gasteiger partial charge in [0.1, 0.15) is 0 Å². The zero-order valence-electron chi connectivity index (χ0n) is 11.6. The molecule has 3 N–H and O–H groups in total. The molecule has 0 heterocycles. The molecule has 0 bridgehead atoms. The highest BCUT2D eigenvalue weighted by atomic mass is 127. The smallest absolute Gasteiger partial charge is 0.319 e. The number of halogens is 1. The monoisotopic (exact) mass is 410 g/mol. The van der Waals surface area contributed by atoms with Crippen LogP contribution in [0, 0.1) is 0 Å². The number of carbonyl (C=O) groups excluding carboxylic acids is 2. The van der Waals surface area contributed by atoms with Crippen molar-refractivity contribution < 1.29 is 9.59 Å². The van der Waals surface area contributed by atoms with Gasteiger partial charge in [-0.25, -0.2) is 4.79 Å². The van der Waals surface area contributed by atoms with Crippen molar-refractivity contribution in [3.05, 3.63) is 60.2 Å². The average molecular weight is 410 g/mol. The molecule has 2 rings (SSSR count). The molecule has 0 aromatic heterocycles. The van der Waals surface area contributed by atoms with Gasteiger partial charge in [0.05, 0.1) is 28.6 Å². The van der Waals surface area contributed by atoms with E-state index in [1.165, 1.54) is 3.22 Å². The van der Waals surface area contributed by atoms with E-state index in [9.17, 15) is 9.59 Å². The number of hydrazine groups is 1. The van der Waals surface area contributed by atoms with Crippen molar-refractivity contribution in [2.24, 2.45) is 0 Å². The van der Waals surface area contributed by atoms with Crippen molar-refractivity contribution in [3.8, 4) is 0 Å². The Morgan fingerprint density at radius 3 is 2.32 bits per heavy atom. The van der Waals surface area contributed by atoms with E-state index in [-0.39, 0.29) is 6.03 Å². The summed E-state index contributed by atoms with van der Waals surface area (Å²) >= 11 is 1.83. The Kier molecular flexibility index (Phi) is 6.01. The second-order valence-corrected chi connectivity index (χ2v) is 5.44. The van der Waals surface area contributed by atoms with Crippen LogP contribution in [0.15, 0.2) is 54.6 Å². The molecule has 7 heteroatoms. The summed E-state index contributed by atoms with van der Waals surface area (Å²) in [6.07, 6.45) is 0.656. The Bertz CT molecular complexity index is 619. The van der Waals surface area contributed by atoms with Crippen molar-refractivity contribution in [1.29, 1.82) is 0 Å². The first kappa shape index (κ1) is 16.1. The topological polar surface area (TPSA) is 73.5 Å². The Morgan fingerprint density at radius 2 is 1.68 bits per heavy atom. The fourth-order valence-corrected chi connectivity index (χ4v) is 2.01. The number of nitrogens with one attached hydrogen (secondary N) is 3. The number of anilines is 2. The summed E-state index contributed by atoms with van der Waals surface area (Å²) in [5, 5.41) is 5.53. The van der Waals surface area contributed by atoms with E-state index in [2.05, 4.69) is 16.1 Å². The van der Waals surface area contributed by atoms with E-state index in [0.717, 1.165) is 11.3 Å². The Balaban J connectivity index is 1.82. The first-order chi connectivity index (χ1) is 10.7. The van der Waals surface area contributed by atoms with Gasteiger partial charge in [0.2, 0.25) is 6.41 Å². The maximum absolute atomic E-state index is 11.8. The highest BCUT2D eigenvalue weighted by Gasteiger charge is 2.02. The normalized spacial score (nSPS) is 9.68. The summed E-state index contributed by atoms with van der Waals surface area (Å²) in [5.74, 6) is 0. The third-order valence-corrected chi connectivity index (χ3v) is 3.24. The molecule has 0 atom stereocenters. The van der Waals surface area contributed by atoms with Crippen molar-refractivity contribution >= 4 is 46.7 Å². The lowest BCUT2D eigenvalue weighted by molar-refractivity contribution is -0.112. The lowest BCUT2D eigenvalue weighted by atomic mass is 10.2. The highest BCUT2D eigenvalue weighted by molar-refractivity contribution is 14.1. The standard InChI is InChI=1S/C15H15IN4O2/c16-20(11-21)19-14-8-6-13(7-9-14)18-15(22)17-10-12-4-2-1-3-5-12/h1-9,11,19H,10H2,(H2,17,18,22). The molecule has 0 saturated carbocycles. The molecule has 0 unspecified atom stereocenters. The maximum Gasteiger partial charge on any atom is 0.319 e. The van der Waals surface area contributed by atoms with Gasteiger partial charge in [0.25, 0.3) is 0 Å². The highest BCUT2D eigenvalue weighted by Crippen LogP contribution is 2.14. The molecule has 0 aliphatic rings. The summed E-state index contributed by atoms with van der Waals surface area (Å²) < 4.78 is 1.27. The number of urea groups is 1. The summed E-state index contributed by atoms with van der Waals surface area (Å²) in [7, 11) is 0. The lowest BCUT2D eigenvalue weighted by Crippen LogP contribution is -2.28. The minimum atomic E-state index is -0.270. The zero-order valence-corrected chi connectivity index (χ0v) is 13.8. The van der Waals surface area contributed by atoms with Gasteiger partial charge in [-0.2, -0.15) is 3.22 Å². The molecule has 0 fully saturated rings. The fraction of sp³-hybridized carbons (Fsp3) is 0.0667. The van der Waals surface area contributed by atoms with Crippen LogP contribution >= 0.6 is 22.9 Å². The molecule has 0 radical (unpaired) electrons. The molecule has 3 amide bonds. The van der Waals surface area contributed by atoms with Crippen LogP contribution in [-0.2, 0) is 11.3 Å². The zero-order chi connectivity index (χ0) is 15.8. The third-order valence-electron chi connectivity index (χ3n) is 2.77. The number of hydrogen-bond donors (Lipinski definition) is 3. The van der Waals surface area contributed by atoms with Crippen molar-refractivity contribution in [1.82, 2.24) is 8.54 Å². The van der Waals surface area contributed by atoms with Crippen molar-refractivity contribution in [2.45, 2.75) is 6.54 Å². The number of carbonyl (C=O) groups is 2. The summed E-state index contributed by atoms with van der Waals surface area (Å²) in [4.78, 5) is 22.3. The second-order valence-electron chi connectivity index (χ2n) is 4.40. The molecule has 0 spiro atoms. The summed E-state index contributed by atoms with van der Waals surface area (Å²) in [5.41, 5.74) is 5.29. The number of benzene rings is 2. The molecule has 0 saturated heterocycles. The van der Waals surface area contributed by atoms with Gasteiger partial charge in [-0.05, 0) is 29.8 Å². The number of amides is 3. The van der Waals surface area contributed by atoms with Crippen molar-refractivity contribution in [2.75, 3.05) is 10.7 Å². The Morgan fingerprint density at radius 1 is 1.05 bits per heavy atom. The van der Waals surface area contributed by atoms with Crippen LogP contribution in [0.25, 0.3) is 0 Å². The van der Waals surface area contributed by atoms with Crippen LogP contribution in [0.2, 0.25) is 0 Å². The minimum Gasteiger partial charge on any atom is -0.334 e. The van der Waals surface area contributed by atoms with Crippen LogP contribution in [0.5, 0.6) is 0 Å². The molecule has 2 aromatic carbocycles. The number of nitrogens with zero attached hydrogens (tertiary/aromatic N) is 1. The predicted octanol–water partition coefficient (Wildman–Crippen LogP) is 3.14. The molecule has 22 heavy (non-hydrogen) atoms. The maximum atomic E-state index is 11.8. The van der Waals surface area contributed by atoms with Gasteiger partial charge < -0.3 is 10.6 Å². The van der Waals surface area contributed by atoms with Gasteiger partial charge >= 0.3 is 6.03 Å². The molecule has 0 aliphatic carbocycles. The number of hydrogen-bond acceptors (Lipinski definition) is 3. The number of rotatable bonds is 6. The van der Waals surface area contributed by atoms with Gasteiger partial charge in [0.15, 0.2) is 0 Å². The fourth-order valence-electron chi connectivity index (χ4n) is 1.73. The van der Waals surface area contributed by atoms with Crippen LogP contribution in [0.4, 0.5) is 16.2 Å². The van der Waals surface area contributed by atoms with Gasteiger partial charge in [-0.3, -0.25) is 10.2 Å². The van der Waals surface area contributed by atoms with Crippen LogP contribution < -0.4 is 16.1 Å². The van der Waals surface area contributed by atoms with Crippen LogP contribution in [-0.4, -0.2) is 15.7 Å².